The first kappa shape index (κ1) is 14.5. The summed E-state index contributed by atoms with van der Waals surface area (Å²) in [4.78, 5) is 32.9. The molecule has 102 valence electrons. The summed E-state index contributed by atoms with van der Waals surface area (Å²) < 4.78 is 0. The number of hydrogen-bond donors (Lipinski definition) is 4. The van der Waals surface area contributed by atoms with Crippen LogP contribution in [-0.2, 0) is 9.59 Å². The number of rotatable bonds is 5. The highest BCUT2D eigenvalue weighted by Crippen LogP contribution is 2.24. The summed E-state index contributed by atoms with van der Waals surface area (Å²) in [5, 5.41) is 23.1. The third-order valence-electron chi connectivity index (χ3n) is 2.24. The third-order valence-corrected chi connectivity index (χ3v) is 2.24. The van der Waals surface area contributed by atoms with Crippen LogP contribution >= 0.6 is 0 Å². The van der Waals surface area contributed by atoms with Gasteiger partial charge in [0.1, 0.15) is 5.75 Å². The van der Waals surface area contributed by atoms with E-state index in [1.54, 1.807) is 0 Å². The first-order valence-electron chi connectivity index (χ1n) is 5.50. The van der Waals surface area contributed by atoms with Crippen LogP contribution < -0.4 is 10.6 Å². The van der Waals surface area contributed by atoms with Crippen LogP contribution in [0.5, 0.6) is 5.75 Å². The van der Waals surface area contributed by atoms with Gasteiger partial charge in [-0.15, -0.1) is 0 Å². The average Bonchev–Trinajstić information content (AvgIpc) is 2.31. The second kappa shape index (κ2) is 6.39. The molecule has 19 heavy (non-hydrogen) atoms. The molecule has 0 unspecified atom stereocenters. The number of carboxylic acids is 1. The lowest BCUT2D eigenvalue weighted by atomic mass is 10.2. The normalized spacial score (nSPS) is 9.74. The van der Waals surface area contributed by atoms with E-state index < -0.39 is 11.9 Å². The molecule has 0 atom stereocenters. The zero-order valence-corrected chi connectivity index (χ0v) is 10.3. The number of benzene rings is 1. The predicted octanol–water partition coefficient (Wildman–Crippen LogP) is 0.555. The fourth-order valence-corrected chi connectivity index (χ4v) is 1.33. The Morgan fingerprint density at radius 1 is 1.26 bits per heavy atom. The highest BCUT2D eigenvalue weighted by Gasteiger charge is 2.10. The number of phenols is 1. The fraction of sp³-hybridized carbons (Fsp3) is 0.250. The van der Waals surface area contributed by atoms with E-state index in [0.29, 0.717) is 0 Å². The molecule has 1 aromatic carbocycles. The Labute approximate surface area is 109 Å². The second-order valence-electron chi connectivity index (χ2n) is 3.82. The number of aromatic hydroxyl groups is 1. The van der Waals surface area contributed by atoms with Gasteiger partial charge in [-0.3, -0.25) is 9.59 Å². The maximum absolute atomic E-state index is 11.5. The number of hydrogen-bond acceptors (Lipinski definition) is 4. The zero-order valence-electron chi connectivity index (χ0n) is 10.3. The number of carboxylic acid groups (broad SMARTS) is 1. The lowest BCUT2D eigenvalue weighted by molar-refractivity contribution is -0.119. The first-order chi connectivity index (χ1) is 8.90. The van der Waals surface area contributed by atoms with E-state index in [-0.39, 0.29) is 35.9 Å². The van der Waals surface area contributed by atoms with Crippen molar-refractivity contribution in [2.45, 2.75) is 13.3 Å². The molecular weight excluding hydrogens is 252 g/mol. The number of carbonyl (C=O) groups is 3. The minimum Gasteiger partial charge on any atom is -0.506 e. The molecule has 0 bridgehead atoms. The zero-order chi connectivity index (χ0) is 14.4. The molecule has 7 heteroatoms. The van der Waals surface area contributed by atoms with Gasteiger partial charge in [-0.05, 0) is 18.2 Å². The number of amides is 2. The Bertz CT molecular complexity index is 513. The molecule has 1 aromatic rings. The van der Waals surface area contributed by atoms with Crippen molar-refractivity contribution in [2.75, 3.05) is 11.9 Å². The lowest BCUT2D eigenvalue weighted by Crippen LogP contribution is -2.25. The third kappa shape index (κ3) is 4.66. The van der Waals surface area contributed by atoms with Gasteiger partial charge in [0, 0.05) is 19.9 Å². The van der Waals surface area contributed by atoms with Crippen LogP contribution in [0.4, 0.5) is 5.69 Å². The molecule has 7 nitrogen and oxygen atoms in total. The summed E-state index contributed by atoms with van der Waals surface area (Å²) in [5.41, 5.74) is -0.0253. The van der Waals surface area contributed by atoms with Crippen LogP contribution in [0.25, 0.3) is 0 Å². The van der Waals surface area contributed by atoms with E-state index in [4.69, 9.17) is 5.11 Å². The summed E-state index contributed by atoms with van der Waals surface area (Å²) in [7, 11) is 0. The van der Waals surface area contributed by atoms with E-state index >= 15 is 0 Å². The molecule has 0 aromatic heterocycles. The Kier molecular flexibility index (Phi) is 4.87. The van der Waals surface area contributed by atoms with Gasteiger partial charge in [0.15, 0.2) is 0 Å². The summed E-state index contributed by atoms with van der Waals surface area (Å²) in [5.74, 6) is -2.07. The summed E-state index contributed by atoms with van der Waals surface area (Å²) >= 11 is 0. The number of aromatic carboxylic acids is 1. The maximum atomic E-state index is 11.5. The lowest BCUT2D eigenvalue weighted by Gasteiger charge is -2.08. The molecular formula is C12H14N2O5. The quantitative estimate of drug-likeness (QED) is 0.581. The van der Waals surface area contributed by atoms with Crippen molar-refractivity contribution in [1.82, 2.24) is 5.32 Å². The molecule has 0 aliphatic carbocycles. The number of phenolic OH excluding ortho intramolecular Hbond substituents is 1. The predicted molar refractivity (Wildman–Crippen MR) is 67.0 cm³/mol. The number of nitrogens with one attached hydrogen (secondary N) is 2. The van der Waals surface area contributed by atoms with E-state index in [9.17, 15) is 19.5 Å². The van der Waals surface area contributed by atoms with Crippen molar-refractivity contribution in [3.05, 3.63) is 23.8 Å². The molecule has 0 aliphatic heterocycles. The highest BCUT2D eigenvalue weighted by molar-refractivity contribution is 5.95. The summed E-state index contributed by atoms with van der Waals surface area (Å²) in [6.07, 6.45) is 0.0241. The fourth-order valence-electron chi connectivity index (χ4n) is 1.33. The van der Waals surface area contributed by atoms with Gasteiger partial charge in [0.25, 0.3) is 0 Å². The maximum Gasteiger partial charge on any atom is 0.335 e. The van der Waals surface area contributed by atoms with Crippen LogP contribution in [0.2, 0.25) is 0 Å². The van der Waals surface area contributed by atoms with Gasteiger partial charge in [0.05, 0.1) is 11.3 Å². The Hall–Kier alpha value is -2.57. The topological polar surface area (TPSA) is 116 Å². The average molecular weight is 266 g/mol. The van der Waals surface area contributed by atoms with Crippen molar-refractivity contribution < 1.29 is 24.6 Å². The van der Waals surface area contributed by atoms with Gasteiger partial charge >= 0.3 is 5.97 Å². The van der Waals surface area contributed by atoms with Crippen LogP contribution in [0.3, 0.4) is 0 Å². The highest BCUT2D eigenvalue weighted by atomic mass is 16.4. The molecule has 2 amide bonds. The Morgan fingerprint density at radius 2 is 1.95 bits per heavy atom. The smallest absolute Gasteiger partial charge is 0.335 e. The standard InChI is InChI=1S/C12H14N2O5/c1-7(15)13-5-4-11(17)14-9-6-8(12(18)19)2-3-10(9)16/h2-3,6,16H,4-5H2,1H3,(H,13,15)(H,14,17)(H,18,19). The van der Waals surface area contributed by atoms with Gasteiger partial charge in [-0.1, -0.05) is 0 Å². The molecule has 0 spiro atoms. The molecule has 0 saturated heterocycles. The summed E-state index contributed by atoms with van der Waals surface area (Å²) in [6.45, 7) is 1.50. The van der Waals surface area contributed by atoms with Crippen LogP contribution in [0, 0.1) is 0 Å². The first-order valence-corrected chi connectivity index (χ1v) is 5.50. The van der Waals surface area contributed by atoms with Crippen LogP contribution in [-0.4, -0.2) is 34.5 Å². The van der Waals surface area contributed by atoms with Gasteiger partial charge in [0.2, 0.25) is 11.8 Å². The number of carbonyl (C=O) groups excluding carboxylic acids is 2. The van der Waals surface area contributed by atoms with E-state index in [0.717, 1.165) is 6.07 Å². The van der Waals surface area contributed by atoms with Crippen molar-refractivity contribution in [2.24, 2.45) is 0 Å². The molecule has 0 saturated carbocycles. The molecule has 0 radical (unpaired) electrons. The van der Waals surface area contributed by atoms with Crippen molar-refractivity contribution in [3.63, 3.8) is 0 Å². The molecule has 0 heterocycles. The minimum atomic E-state index is -1.16. The van der Waals surface area contributed by atoms with E-state index in [1.165, 1.54) is 19.1 Å². The minimum absolute atomic E-state index is 0.0210. The van der Waals surface area contributed by atoms with E-state index in [2.05, 4.69) is 10.6 Å². The largest absolute Gasteiger partial charge is 0.506 e. The second-order valence-corrected chi connectivity index (χ2v) is 3.82. The SMILES string of the molecule is CC(=O)NCCC(=O)Nc1cc(C(=O)O)ccc1O. The van der Waals surface area contributed by atoms with Crippen molar-refractivity contribution in [3.8, 4) is 5.75 Å². The Balaban J connectivity index is 2.65. The van der Waals surface area contributed by atoms with Gasteiger partial charge < -0.3 is 20.8 Å². The molecule has 0 aliphatic rings. The Morgan fingerprint density at radius 3 is 2.53 bits per heavy atom. The monoisotopic (exact) mass is 266 g/mol. The molecule has 4 N–H and O–H groups in total. The van der Waals surface area contributed by atoms with E-state index in [1.807, 2.05) is 0 Å². The van der Waals surface area contributed by atoms with Crippen LogP contribution in [0.15, 0.2) is 18.2 Å². The number of anilines is 1. The molecule has 0 fully saturated rings. The summed E-state index contributed by atoms with van der Waals surface area (Å²) in [6, 6.07) is 3.57. The van der Waals surface area contributed by atoms with Crippen molar-refractivity contribution in [1.29, 1.82) is 0 Å². The molecule has 1 rings (SSSR count). The van der Waals surface area contributed by atoms with Gasteiger partial charge in [-0.2, -0.15) is 0 Å². The van der Waals surface area contributed by atoms with Gasteiger partial charge in [-0.25, -0.2) is 4.79 Å². The van der Waals surface area contributed by atoms with Crippen molar-refractivity contribution >= 4 is 23.5 Å². The van der Waals surface area contributed by atoms with Crippen LogP contribution in [0.1, 0.15) is 23.7 Å².